The van der Waals surface area contributed by atoms with E-state index in [2.05, 4.69) is 0 Å². The Labute approximate surface area is 93.0 Å². The Morgan fingerprint density at radius 2 is 1.88 bits per heavy atom. The molecule has 0 heterocycles. The van der Waals surface area contributed by atoms with Gasteiger partial charge in [0, 0.05) is 13.6 Å². The number of carbonyl (C=O) groups excluding carboxylic acids is 1. The lowest BCUT2D eigenvalue weighted by Crippen LogP contribution is -2.46. The first kappa shape index (κ1) is 15.0. The summed E-state index contributed by atoms with van der Waals surface area (Å²) in [5, 5.41) is 1.79. The highest BCUT2D eigenvalue weighted by Crippen LogP contribution is 2.15. The fraction of sp³-hybridized carbons (Fsp3) is 0.889. The van der Waals surface area contributed by atoms with Crippen LogP contribution in [-0.4, -0.2) is 43.8 Å². The van der Waals surface area contributed by atoms with E-state index < -0.39 is 18.8 Å². The first-order valence-corrected chi connectivity index (χ1v) is 4.83. The summed E-state index contributed by atoms with van der Waals surface area (Å²) in [4.78, 5) is 12.5. The van der Waals surface area contributed by atoms with E-state index in [4.69, 9.17) is 5.73 Å². The second-order valence-electron chi connectivity index (χ2n) is 4.50. The predicted molar refractivity (Wildman–Crippen MR) is 54.9 cm³/mol. The smallest absolute Gasteiger partial charge is 0.330 e. The van der Waals surface area contributed by atoms with Crippen LogP contribution in [0.5, 0.6) is 0 Å². The molecule has 3 N–H and O–H groups in total. The molecule has 0 bridgehead atoms. The summed E-state index contributed by atoms with van der Waals surface area (Å²) in [7, 11) is 1.43. The minimum Gasteiger partial charge on any atom is -0.330 e. The van der Waals surface area contributed by atoms with Gasteiger partial charge in [0.2, 0.25) is 0 Å². The van der Waals surface area contributed by atoms with Gasteiger partial charge in [-0.1, -0.05) is 13.8 Å². The van der Waals surface area contributed by atoms with Gasteiger partial charge in [-0.05, 0) is 12.0 Å². The molecule has 4 nitrogen and oxygen atoms in total. The standard InChI is InChI=1S/C9H18F3N3O/c1-8(2,4-13)6-15(3)7(16)14-5-9(10,11)12/h4-6,13H2,1-3H3,(H,14,16). The minimum absolute atomic E-state index is 0.299. The second kappa shape index (κ2) is 5.38. The van der Waals surface area contributed by atoms with Crippen LogP contribution >= 0.6 is 0 Å². The van der Waals surface area contributed by atoms with Crippen molar-refractivity contribution in [1.82, 2.24) is 10.2 Å². The highest BCUT2D eigenvalue weighted by molar-refractivity contribution is 5.73. The number of nitrogens with one attached hydrogen (secondary N) is 1. The third-order valence-corrected chi connectivity index (χ3v) is 2.00. The van der Waals surface area contributed by atoms with Crippen molar-refractivity contribution in [2.75, 3.05) is 26.7 Å². The molecule has 0 radical (unpaired) electrons. The zero-order valence-corrected chi connectivity index (χ0v) is 9.69. The molecule has 96 valence electrons. The van der Waals surface area contributed by atoms with Gasteiger partial charge in [0.25, 0.3) is 0 Å². The molecule has 2 amide bonds. The number of hydrogen-bond acceptors (Lipinski definition) is 2. The Balaban J connectivity index is 4.10. The summed E-state index contributed by atoms with van der Waals surface area (Å²) in [6, 6.07) is -0.751. The van der Waals surface area contributed by atoms with Crippen molar-refractivity contribution >= 4 is 6.03 Å². The number of rotatable bonds is 4. The zero-order chi connectivity index (χ0) is 13.0. The molecule has 0 aliphatic rings. The molecule has 0 aliphatic carbocycles. The number of amides is 2. The molecule has 0 aromatic rings. The Hall–Kier alpha value is -0.980. The maximum absolute atomic E-state index is 11.8. The SMILES string of the molecule is CN(CC(C)(C)CN)C(=O)NCC(F)(F)F. The average molecular weight is 241 g/mol. The molecule has 0 rings (SSSR count). The average Bonchev–Trinajstić information content (AvgIpc) is 2.12. The van der Waals surface area contributed by atoms with Crippen molar-refractivity contribution in [3.63, 3.8) is 0 Å². The lowest BCUT2D eigenvalue weighted by molar-refractivity contribution is -0.123. The molecule has 0 atom stereocenters. The summed E-state index contributed by atoms with van der Waals surface area (Å²) < 4.78 is 35.5. The maximum atomic E-state index is 11.8. The van der Waals surface area contributed by atoms with Crippen molar-refractivity contribution in [1.29, 1.82) is 0 Å². The van der Waals surface area contributed by atoms with E-state index in [0.29, 0.717) is 13.1 Å². The number of nitrogens with two attached hydrogens (primary N) is 1. The van der Waals surface area contributed by atoms with Crippen molar-refractivity contribution in [3.8, 4) is 0 Å². The Morgan fingerprint density at radius 1 is 1.38 bits per heavy atom. The molecule has 0 aliphatic heterocycles. The van der Waals surface area contributed by atoms with E-state index >= 15 is 0 Å². The monoisotopic (exact) mass is 241 g/mol. The molecule has 0 spiro atoms. The van der Waals surface area contributed by atoms with Gasteiger partial charge >= 0.3 is 12.2 Å². The predicted octanol–water partition coefficient (Wildman–Crippen LogP) is 1.17. The fourth-order valence-corrected chi connectivity index (χ4v) is 1.09. The lowest BCUT2D eigenvalue weighted by atomic mass is 9.93. The van der Waals surface area contributed by atoms with Crippen LogP contribution in [0.3, 0.4) is 0 Å². The van der Waals surface area contributed by atoms with Gasteiger partial charge in [-0.15, -0.1) is 0 Å². The molecule has 0 fully saturated rings. The Morgan fingerprint density at radius 3 is 2.25 bits per heavy atom. The van der Waals surface area contributed by atoms with Gasteiger partial charge in [-0.25, -0.2) is 4.79 Å². The first-order valence-electron chi connectivity index (χ1n) is 4.83. The number of urea groups is 1. The van der Waals surface area contributed by atoms with E-state index in [-0.39, 0.29) is 5.41 Å². The van der Waals surface area contributed by atoms with E-state index in [1.807, 2.05) is 13.8 Å². The third-order valence-electron chi connectivity index (χ3n) is 2.00. The largest absolute Gasteiger partial charge is 0.405 e. The summed E-state index contributed by atoms with van der Waals surface area (Å²) in [5.74, 6) is 0. The number of hydrogen-bond donors (Lipinski definition) is 2. The lowest BCUT2D eigenvalue weighted by Gasteiger charge is -2.29. The molecule has 0 saturated heterocycles. The highest BCUT2D eigenvalue weighted by atomic mass is 19.4. The molecular formula is C9H18F3N3O. The summed E-state index contributed by atoms with van der Waals surface area (Å²) in [6.07, 6.45) is -4.39. The van der Waals surface area contributed by atoms with Crippen molar-refractivity contribution in [2.45, 2.75) is 20.0 Å². The van der Waals surface area contributed by atoms with E-state index in [9.17, 15) is 18.0 Å². The number of nitrogens with zero attached hydrogens (tertiary/aromatic N) is 1. The normalized spacial score (nSPS) is 12.4. The molecule has 7 heteroatoms. The van der Waals surface area contributed by atoms with Crippen LogP contribution < -0.4 is 11.1 Å². The Kier molecular flexibility index (Phi) is 5.05. The van der Waals surface area contributed by atoms with Crippen LogP contribution in [0.1, 0.15) is 13.8 Å². The summed E-state index contributed by atoms with van der Waals surface area (Å²) in [6.45, 7) is 3.00. The Bertz CT molecular complexity index is 241. The topological polar surface area (TPSA) is 58.4 Å². The molecular weight excluding hydrogens is 223 g/mol. The van der Waals surface area contributed by atoms with Crippen LogP contribution in [0.25, 0.3) is 0 Å². The maximum Gasteiger partial charge on any atom is 0.405 e. The minimum atomic E-state index is -4.39. The van der Waals surface area contributed by atoms with Crippen molar-refractivity contribution in [3.05, 3.63) is 0 Å². The zero-order valence-electron chi connectivity index (χ0n) is 9.69. The molecule has 0 aromatic heterocycles. The second-order valence-corrected chi connectivity index (χ2v) is 4.50. The molecule has 0 unspecified atom stereocenters. The fourth-order valence-electron chi connectivity index (χ4n) is 1.09. The summed E-state index contributed by atoms with van der Waals surface area (Å²) >= 11 is 0. The molecule has 0 saturated carbocycles. The van der Waals surface area contributed by atoms with Crippen molar-refractivity contribution < 1.29 is 18.0 Å². The van der Waals surface area contributed by atoms with Crippen LogP contribution in [0, 0.1) is 5.41 Å². The van der Waals surface area contributed by atoms with Gasteiger partial charge in [-0.2, -0.15) is 13.2 Å². The van der Waals surface area contributed by atoms with E-state index in [1.54, 1.807) is 5.32 Å². The third kappa shape index (κ3) is 6.49. The number of alkyl halides is 3. The quantitative estimate of drug-likeness (QED) is 0.776. The van der Waals surface area contributed by atoms with Gasteiger partial charge in [0.1, 0.15) is 6.54 Å². The van der Waals surface area contributed by atoms with E-state index in [1.165, 1.54) is 11.9 Å². The number of halogens is 3. The first-order chi connectivity index (χ1) is 7.07. The van der Waals surface area contributed by atoms with Crippen LogP contribution in [0.4, 0.5) is 18.0 Å². The van der Waals surface area contributed by atoms with Crippen LogP contribution in [0.2, 0.25) is 0 Å². The number of carbonyl (C=O) groups is 1. The molecule has 16 heavy (non-hydrogen) atoms. The van der Waals surface area contributed by atoms with Gasteiger partial charge < -0.3 is 16.0 Å². The van der Waals surface area contributed by atoms with Gasteiger partial charge in [0.05, 0.1) is 0 Å². The van der Waals surface area contributed by atoms with Crippen LogP contribution in [-0.2, 0) is 0 Å². The van der Waals surface area contributed by atoms with Gasteiger partial charge in [-0.3, -0.25) is 0 Å². The highest BCUT2D eigenvalue weighted by Gasteiger charge is 2.29. The van der Waals surface area contributed by atoms with Crippen molar-refractivity contribution in [2.24, 2.45) is 11.1 Å². The van der Waals surface area contributed by atoms with Gasteiger partial charge in [0.15, 0.2) is 0 Å². The van der Waals surface area contributed by atoms with E-state index in [0.717, 1.165) is 0 Å². The molecule has 0 aromatic carbocycles. The summed E-state index contributed by atoms with van der Waals surface area (Å²) in [5.41, 5.74) is 5.14. The van der Waals surface area contributed by atoms with Crippen LogP contribution in [0.15, 0.2) is 0 Å².